The maximum Gasteiger partial charge on any atom is 0.317 e. The average molecular weight is 149 g/mol. The summed E-state index contributed by atoms with van der Waals surface area (Å²) in [5.74, 6) is -1.02. The molecule has 60 valence electrons. The summed E-state index contributed by atoms with van der Waals surface area (Å²) in [7, 11) is 0. The monoisotopic (exact) mass is 149 g/mol. The van der Waals surface area contributed by atoms with Crippen LogP contribution in [0.15, 0.2) is 0 Å². The number of aliphatic carboxylic acids is 1. The van der Waals surface area contributed by atoms with Crippen molar-refractivity contribution in [3.63, 3.8) is 0 Å². The minimum Gasteiger partial charge on any atom is -0.480 e. The molecule has 4 N–H and O–H groups in total. The fourth-order valence-electron chi connectivity index (χ4n) is 0.354. The van der Waals surface area contributed by atoms with Crippen LogP contribution in [0, 0.1) is 0 Å². The lowest BCUT2D eigenvalue weighted by Crippen LogP contribution is -2.39. The molecule has 1 atom stereocenters. The summed E-state index contributed by atoms with van der Waals surface area (Å²) in [6.07, 6.45) is -1.51. The smallest absolute Gasteiger partial charge is 0.317 e. The lowest BCUT2D eigenvalue weighted by Gasteiger charge is -2.13. The van der Waals surface area contributed by atoms with Gasteiger partial charge in [-0.25, -0.2) is 0 Å². The number of carbonyl (C=O) groups is 1. The van der Waals surface area contributed by atoms with E-state index in [0.29, 0.717) is 0 Å². The zero-order valence-electron chi connectivity index (χ0n) is 5.61. The molecule has 0 aromatic heterocycles. The quantitative estimate of drug-likeness (QED) is 0.360. The fraction of sp³-hybridized carbons (Fsp3) is 0.800. The third kappa shape index (κ3) is 4.25. The number of aliphatic hydroxyl groups excluding tert-OH is 1. The second-order valence-electron chi connectivity index (χ2n) is 1.98. The van der Waals surface area contributed by atoms with Crippen LogP contribution in [0.1, 0.15) is 6.92 Å². The van der Waals surface area contributed by atoms with Crippen molar-refractivity contribution >= 4 is 5.97 Å². The van der Waals surface area contributed by atoms with E-state index in [4.69, 9.17) is 15.3 Å². The van der Waals surface area contributed by atoms with Crippen LogP contribution in [-0.4, -0.2) is 40.2 Å². The Hall–Kier alpha value is -0.650. The van der Waals surface area contributed by atoms with Gasteiger partial charge in [-0.15, -0.1) is 0 Å². The summed E-state index contributed by atoms with van der Waals surface area (Å²) in [5.41, 5.74) is 0. The highest BCUT2D eigenvalue weighted by Crippen LogP contribution is 1.85. The first-order valence-corrected chi connectivity index (χ1v) is 2.85. The summed E-state index contributed by atoms with van der Waals surface area (Å²) in [6.45, 7) is 1.21. The van der Waals surface area contributed by atoms with Crippen LogP contribution in [0.4, 0.5) is 0 Å². The zero-order chi connectivity index (χ0) is 8.15. The normalized spacial score (nSPS) is 13.6. The van der Waals surface area contributed by atoms with Crippen molar-refractivity contribution in [2.24, 2.45) is 0 Å². The first kappa shape index (κ1) is 9.35. The molecule has 10 heavy (non-hydrogen) atoms. The highest BCUT2D eigenvalue weighted by Gasteiger charge is 2.09. The van der Waals surface area contributed by atoms with Crippen LogP contribution in [0.3, 0.4) is 0 Å². The van der Waals surface area contributed by atoms with Gasteiger partial charge >= 0.3 is 5.97 Å². The summed E-state index contributed by atoms with van der Waals surface area (Å²) in [4.78, 5) is 9.90. The van der Waals surface area contributed by atoms with E-state index >= 15 is 0 Å². The van der Waals surface area contributed by atoms with Gasteiger partial charge in [0.25, 0.3) is 0 Å². The number of carboxylic acid groups (broad SMARTS) is 1. The van der Waals surface area contributed by atoms with Crippen molar-refractivity contribution in [1.82, 2.24) is 5.32 Å². The average Bonchev–Trinajstić information content (AvgIpc) is 1.82. The molecule has 5 heteroatoms. The van der Waals surface area contributed by atoms with E-state index in [-0.39, 0.29) is 6.54 Å². The van der Waals surface area contributed by atoms with Crippen LogP contribution in [0.5, 0.6) is 0 Å². The lowest BCUT2D eigenvalue weighted by atomic mass is 10.3. The number of aliphatic hydroxyl groups is 2. The molecule has 0 saturated carbocycles. The van der Waals surface area contributed by atoms with Gasteiger partial charge in [0.15, 0.2) is 6.29 Å². The van der Waals surface area contributed by atoms with Gasteiger partial charge in [0, 0.05) is 0 Å². The van der Waals surface area contributed by atoms with E-state index in [1.807, 2.05) is 0 Å². The summed E-state index contributed by atoms with van der Waals surface area (Å²) >= 11 is 0. The number of hydrogen-bond donors (Lipinski definition) is 4. The van der Waals surface area contributed by atoms with Gasteiger partial charge in [-0.2, -0.15) is 0 Å². The van der Waals surface area contributed by atoms with Crippen LogP contribution in [0.2, 0.25) is 0 Å². The molecule has 0 radical (unpaired) electrons. The Morgan fingerprint density at radius 2 is 2.10 bits per heavy atom. The molecule has 0 bridgehead atoms. The van der Waals surface area contributed by atoms with E-state index in [1.165, 1.54) is 6.92 Å². The molecule has 0 rings (SSSR count). The number of hydrogen-bond acceptors (Lipinski definition) is 4. The van der Waals surface area contributed by atoms with Gasteiger partial charge < -0.3 is 15.3 Å². The predicted molar refractivity (Wildman–Crippen MR) is 33.3 cm³/mol. The molecule has 0 aliphatic carbocycles. The lowest BCUT2D eigenvalue weighted by molar-refractivity contribution is -0.136. The van der Waals surface area contributed by atoms with E-state index in [0.717, 1.165) is 0 Å². The van der Waals surface area contributed by atoms with Crippen molar-refractivity contribution < 1.29 is 20.1 Å². The summed E-state index contributed by atoms with van der Waals surface area (Å²) in [5, 5.41) is 27.4. The topological polar surface area (TPSA) is 89.8 Å². The van der Waals surface area contributed by atoms with Gasteiger partial charge in [0.2, 0.25) is 0 Å². The van der Waals surface area contributed by atoms with E-state index in [2.05, 4.69) is 5.32 Å². The first-order valence-electron chi connectivity index (χ1n) is 2.85. The van der Waals surface area contributed by atoms with Crippen LogP contribution in [-0.2, 0) is 4.79 Å². The Bertz CT molecular complexity index is 114. The Labute approximate surface area is 58.3 Å². The minimum absolute atomic E-state index is 0.265. The van der Waals surface area contributed by atoms with Gasteiger partial charge in [0.1, 0.15) is 0 Å². The van der Waals surface area contributed by atoms with Crippen molar-refractivity contribution in [3.05, 3.63) is 0 Å². The number of carboxylic acids is 1. The molecule has 0 aromatic carbocycles. The predicted octanol–water partition coefficient (Wildman–Crippen LogP) is -1.64. The Morgan fingerprint density at radius 3 is 2.40 bits per heavy atom. The molecular weight excluding hydrogens is 138 g/mol. The third-order valence-corrected chi connectivity index (χ3v) is 1.02. The zero-order valence-corrected chi connectivity index (χ0v) is 5.61. The Balaban J connectivity index is 3.39. The van der Waals surface area contributed by atoms with E-state index in [9.17, 15) is 4.79 Å². The molecule has 0 amide bonds. The van der Waals surface area contributed by atoms with Crippen molar-refractivity contribution in [2.45, 2.75) is 19.3 Å². The van der Waals surface area contributed by atoms with Gasteiger partial charge in [-0.1, -0.05) is 0 Å². The molecule has 0 spiro atoms. The molecule has 0 aliphatic rings. The second-order valence-corrected chi connectivity index (χ2v) is 1.98. The minimum atomic E-state index is -1.51. The Morgan fingerprint density at radius 1 is 1.60 bits per heavy atom. The molecule has 0 heterocycles. The maximum atomic E-state index is 9.90. The maximum absolute atomic E-state index is 9.90. The van der Waals surface area contributed by atoms with Gasteiger partial charge in [0.05, 0.1) is 12.6 Å². The third-order valence-electron chi connectivity index (χ3n) is 1.02. The van der Waals surface area contributed by atoms with Crippen LogP contribution < -0.4 is 5.32 Å². The summed E-state index contributed by atoms with van der Waals surface area (Å²) in [6, 6.07) is -0.615. The fourth-order valence-corrected chi connectivity index (χ4v) is 0.354. The molecule has 0 fully saturated rings. The van der Waals surface area contributed by atoms with Crippen LogP contribution in [0.25, 0.3) is 0 Å². The van der Waals surface area contributed by atoms with Crippen LogP contribution >= 0.6 is 0 Å². The highest BCUT2D eigenvalue weighted by molar-refractivity contribution is 5.69. The largest absolute Gasteiger partial charge is 0.480 e. The molecule has 0 aliphatic heterocycles. The number of nitrogens with one attached hydrogen (secondary N) is 1. The van der Waals surface area contributed by atoms with E-state index in [1.54, 1.807) is 0 Å². The molecule has 0 saturated heterocycles. The number of rotatable bonds is 4. The first-order chi connectivity index (χ1) is 4.54. The molecule has 5 nitrogen and oxygen atoms in total. The second kappa shape index (κ2) is 4.21. The van der Waals surface area contributed by atoms with Gasteiger partial charge in [-0.05, 0) is 6.92 Å². The van der Waals surface area contributed by atoms with Gasteiger partial charge in [-0.3, -0.25) is 10.1 Å². The molecule has 0 unspecified atom stereocenters. The molecule has 0 aromatic rings. The standard InChI is InChI=1S/C5H11NO4/c1-3(5(9)10)6-2-4(7)8/h3,5-6,9-10H,2H2,1H3,(H,7,8)/t3-/m1/s1. The van der Waals surface area contributed by atoms with Crippen molar-refractivity contribution in [3.8, 4) is 0 Å². The molecular formula is C5H11NO4. The van der Waals surface area contributed by atoms with E-state index < -0.39 is 18.3 Å². The Kier molecular flexibility index (Phi) is 3.94. The highest BCUT2D eigenvalue weighted by atomic mass is 16.5. The summed E-state index contributed by atoms with van der Waals surface area (Å²) < 4.78 is 0. The van der Waals surface area contributed by atoms with Crippen molar-refractivity contribution in [1.29, 1.82) is 0 Å². The van der Waals surface area contributed by atoms with Crippen molar-refractivity contribution in [2.75, 3.05) is 6.54 Å². The SMILES string of the molecule is C[C@@H](NCC(=O)O)C(O)O.